The first kappa shape index (κ1) is 13.3. The Kier molecular flexibility index (Phi) is 5.58. The van der Waals surface area contributed by atoms with E-state index in [1.807, 2.05) is 32.3 Å². The van der Waals surface area contributed by atoms with E-state index in [-0.39, 0.29) is 12.4 Å². The van der Waals surface area contributed by atoms with E-state index in [2.05, 4.69) is 11.8 Å². The number of halogens is 1. The fourth-order valence-electron chi connectivity index (χ4n) is 1.63. The minimum atomic E-state index is 0. The van der Waals surface area contributed by atoms with Gasteiger partial charge in [-0.3, -0.25) is 0 Å². The topological polar surface area (TPSA) is 23.5 Å². The average molecular weight is 216 g/mol. The van der Waals surface area contributed by atoms with Crippen LogP contribution in [-0.2, 0) is 0 Å². The first-order valence-corrected chi connectivity index (χ1v) is 4.61. The summed E-state index contributed by atoms with van der Waals surface area (Å²) in [7, 11) is 4.06. The lowest BCUT2D eigenvalue weighted by Crippen LogP contribution is -2.19. The molecule has 2 nitrogen and oxygen atoms in total. The summed E-state index contributed by atoms with van der Waals surface area (Å²) in [5.74, 6) is 0.392. The molecule has 0 aliphatic carbocycles. The Morgan fingerprint density at radius 3 is 2.29 bits per heavy atom. The second kappa shape index (κ2) is 5.89. The van der Waals surface area contributed by atoms with Crippen LogP contribution >= 0.6 is 12.4 Å². The first-order chi connectivity index (χ1) is 6.16. The van der Waals surface area contributed by atoms with Crippen molar-refractivity contribution >= 4 is 12.4 Å². The SMILES string of the molecule is CCC(c1ccccc1O)N(C)C.Cl. The van der Waals surface area contributed by atoms with E-state index in [0.29, 0.717) is 11.8 Å². The van der Waals surface area contributed by atoms with Crippen LogP contribution in [0, 0.1) is 0 Å². The summed E-state index contributed by atoms with van der Waals surface area (Å²) in [6.45, 7) is 2.12. The molecule has 0 aliphatic heterocycles. The van der Waals surface area contributed by atoms with E-state index in [9.17, 15) is 5.11 Å². The van der Waals surface area contributed by atoms with Gasteiger partial charge in [-0.05, 0) is 26.6 Å². The number of hydrogen-bond donors (Lipinski definition) is 1. The highest BCUT2D eigenvalue weighted by Crippen LogP contribution is 2.28. The maximum Gasteiger partial charge on any atom is 0.120 e. The van der Waals surface area contributed by atoms with Crippen molar-refractivity contribution in [2.45, 2.75) is 19.4 Å². The Morgan fingerprint density at radius 2 is 1.86 bits per heavy atom. The quantitative estimate of drug-likeness (QED) is 0.838. The van der Waals surface area contributed by atoms with E-state index < -0.39 is 0 Å². The zero-order chi connectivity index (χ0) is 9.84. The molecule has 0 amide bonds. The molecular weight excluding hydrogens is 198 g/mol. The van der Waals surface area contributed by atoms with E-state index in [0.717, 1.165) is 12.0 Å². The Hall–Kier alpha value is -0.730. The van der Waals surface area contributed by atoms with E-state index in [1.165, 1.54) is 0 Å². The molecule has 0 heterocycles. The molecule has 0 fully saturated rings. The second-order valence-corrected chi connectivity index (χ2v) is 3.45. The van der Waals surface area contributed by atoms with Gasteiger partial charge in [-0.1, -0.05) is 25.1 Å². The second-order valence-electron chi connectivity index (χ2n) is 3.45. The maximum atomic E-state index is 9.63. The van der Waals surface area contributed by atoms with Crippen LogP contribution in [0.2, 0.25) is 0 Å². The molecule has 1 rings (SSSR count). The Bertz CT molecular complexity index is 276. The third kappa shape index (κ3) is 2.89. The monoisotopic (exact) mass is 215 g/mol. The van der Waals surface area contributed by atoms with Crippen LogP contribution in [0.25, 0.3) is 0 Å². The molecule has 0 radical (unpaired) electrons. The first-order valence-electron chi connectivity index (χ1n) is 4.61. The number of aromatic hydroxyl groups is 1. The van der Waals surface area contributed by atoms with Gasteiger partial charge in [-0.15, -0.1) is 12.4 Å². The van der Waals surface area contributed by atoms with Gasteiger partial charge in [0, 0.05) is 11.6 Å². The van der Waals surface area contributed by atoms with Gasteiger partial charge in [-0.2, -0.15) is 0 Å². The summed E-state index contributed by atoms with van der Waals surface area (Å²) in [6, 6.07) is 7.83. The third-order valence-electron chi connectivity index (χ3n) is 2.31. The number of phenolic OH excluding ortho intramolecular Hbond substituents is 1. The van der Waals surface area contributed by atoms with Gasteiger partial charge >= 0.3 is 0 Å². The van der Waals surface area contributed by atoms with Crippen molar-refractivity contribution in [3.8, 4) is 5.75 Å². The predicted molar refractivity (Wildman–Crippen MR) is 62.1 cm³/mol. The van der Waals surface area contributed by atoms with Gasteiger partial charge in [0.1, 0.15) is 5.75 Å². The minimum absolute atomic E-state index is 0. The largest absolute Gasteiger partial charge is 0.508 e. The summed E-state index contributed by atoms with van der Waals surface area (Å²) in [4.78, 5) is 2.12. The summed E-state index contributed by atoms with van der Waals surface area (Å²) in [5, 5.41) is 9.63. The third-order valence-corrected chi connectivity index (χ3v) is 2.31. The van der Waals surface area contributed by atoms with Crippen molar-refractivity contribution in [3.63, 3.8) is 0 Å². The predicted octanol–water partition coefficient (Wildman–Crippen LogP) is 2.83. The smallest absolute Gasteiger partial charge is 0.120 e. The molecule has 0 bridgehead atoms. The molecule has 1 unspecified atom stereocenters. The highest BCUT2D eigenvalue weighted by Gasteiger charge is 2.14. The van der Waals surface area contributed by atoms with Crippen molar-refractivity contribution in [2.75, 3.05) is 14.1 Å². The van der Waals surface area contributed by atoms with Gasteiger partial charge in [0.25, 0.3) is 0 Å². The molecule has 3 heteroatoms. The standard InChI is InChI=1S/C11H17NO.ClH/c1-4-10(12(2)3)9-7-5-6-8-11(9)13;/h5-8,10,13H,4H2,1-3H3;1H. The zero-order valence-electron chi connectivity index (χ0n) is 8.90. The highest BCUT2D eigenvalue weighted by molar-refractivity contribution is 5.85. The van der Waals surface area contributed by atoms with E-state index >= 15 is 0 Å². The van der Waals surface area contributed by atoms with Gasteiger partial charge in [0.15, 0.2) is 0 Å². The molecule has 0 saturated carbocycles. The van der Waals surface area contributed by atoms with Crippen LogP contribution < -0.4 is 0 Å². The number of nitrogens with zero attached hydrogens (tertiary/aromatic N) is 1. The van der Waals surface area contributed by atoms with Gasteiger partial charge < -0.3 is 10.0 Å². The molecule has 0 saturated heterocycles. The van der Waals surface area contributed by atoms with Crippen molar-refractivity contribution in [2.24, 2.45) is 0 Å². The lowest BCUT2D eigenvalue weighted by atomic mass is 10.0. The zero-order valence-corrected chi connectivity index (χ0v) is 9.71. The summed E-state index contributed by atoms with van der Waals surface area (Å²) >= 11 is 0. The molecule has 1 aromatic carbocycles. The summed E-state index contributed by atoms with van der Waals surface area (Å²) in [5.41, 5.74) is 1.01. The van der Waals surface area contributed by atoms with Gasteiger partial charge in [0.2, 0.25) is 0 Å². The van der Waals surface area contributed by atoms with Crippen LogP contribution in [0.4, 0.5) is 0 Å². The summed E-state index contributed by atoms with van der Waals surface area (Å²) < 4.78 is 0. The van der Waals surface area contributed by atoms with Crippen molar-refractivity contribution in [1.82, 2.24) is 4.90 Å². The molecule has 0 spiro atoms. The fourth-order valence-corrected chi connectivity index (χ4v) is 1.63. The van der Waals surface area contributed by atoms with Crippen molar-refractivity contribution in [1.29, 1.82) is 0 Å². The van der Waals surface area contributed by atoms with Crippen LogP contribution in [0.3, 0.4) is 0 Å². The van der Waals surface area contributed by atoms with Gasteiger partial charge in [-0.25, -0.2) is 0 Å². The van der Waals surface area contributed by atoms with Crippen LogP contribution in [-0.4, -0.2) is 24.1 Å². The number of benzene rings is 1. The minimum Gasteiger partial charge on any atom is -0.508 e. The number of rotatable bonds is 3. The van der Waals surface area contributed by atoms with Crippen LogP contribution in [0.1, 0.15) is 24.9 Å². The molecule has 80 valence electrons. The van der Waals surface area contributed by atoms with E-state index in [1.54, 1.807) is 6.07 Å². The van der Waals surface area contributed by atoms with Crippen LogP contribution in [0.15, 0.2) is 24.3 Å². The number of hydrogen-bond acceptors (Lipinski definition) is 2. The number of phenols is 1. The Labute approximate surface area is 92.0 Å². The Balaban J connectivity index is 0.00000169. The lowest BCUT2D eigenvalue weighted by Gasteiger charge is -2.23. The highest BCUT2D eigenvalue weighted by atomic mass is 35.5. The molecule has 1 aromatic rings. The normalized spacial score (nSPS) is 12.3. The fraction of sp³-hybridized carbons (Fsp3) is 0.455. The molecule has 1 atom stereocenters. The van der Waals surface area contributed by atoms with Crippen LogP contribution in [0.5, 0.6) is 5.75 Å². The molecule has 0 aromatic heterocycles. The van der Waals surface area contributed by atoms with Crippen molar-refractivity contribution < 1.29 is 5.11 Å². The van der Waals surface area contributed by atoms with Gasteiger partial charge in [0.05, 0.1) is 0 Å². The van der Waals surface area contributed by atoms with Crippen molar-refractivity contribution in [3.05, 3.63) is 29.8 Å². The van der Waals surface area contributed by atoms with E-state index in [4.69, 9.17) is 0 Å². The molecular formula is C11H18ClNO. The molecule has 1 N–H and O–H groups in total. The molecule has 0 aliphatic rings. The maximum absolute atomic E-state index is 9.63. The summed E-state index contributed by atoms with van der Waals surface area (Å²) in [6.07, 6.45) is 1.00. The average Bonchev–Trinajstić information content (AvgIpc) is 2.09. The lowest BCUT2D eigenvalue weighted by molar-refractivity contribution is 0.284. The Morgan fingerprint density at radius 1 is 1.29 bits per heavy atom. The molecule has 14 heavy (non-hydrogen) atoms. The number of para-hydroxylation sites is 1.